The van der Waals surface area contributed by atoms with Crippen LogP contribution in [0.15, 0.2) is 6.33 Å². The molecule has 94 valence electrons. The molecule has 17 heavy (non-hydrogen) atoms. The summed E-state index contributed by atoms with van der Waals surface area (Å²) >= 11 is 0. The topological polar surface area (TPSA) is 52.0 Å². The molecule has 2 unspecified atom stereocenters. The molecule has 3 heterocycles. The summed E-state index contributed by atoms with van der Waals surface area (Å²) in [5, 5.41) is 11.7. The van der Waals surface area contributed by atoms with Gasteiger partial charge in [-0.1, -0.05) is 0 Å². The lowest BCUT2D eigenvalue weighted by Gasteiger charge is -2.13. The van der Waals surface area contributed by atoms with Crippen molar-refractivity contribution in [2.45, 2.75) is 38.3 Å². The van der Waals surface area contributed by atoms with E-state index in [0.29, 0.717) is 6.10 Å². The van der Waals surface area contributed by atoms with Gasteiger partial charge in [0, 0.05) is 13.0 Å². The Bertz CT molecular complexity index is 321. The standard InChI is InChI=1S/C12H20N4O/c1-2-11(17-5-1)8-16-9-14-15-12(16)6-10-3-4-13-7-10/h9-11,13H,1-8H2. The van der Waals surface area contributed by atoms with Crippen molar-refractivity contribution in [3.05, 3.63) is 12.2 Å². The average molecular weight is 236 g/mol. The van der Waals surface area contributed by atoms with E-state index >= 15 is 0 Å². The third-order valence-corrected chi connectivity index (χ3v) is 3.75. The summed E-state index contributed by atoms with van der Waals surface area (Å²) in [7, 11) is 0. The molecule has 2 atom stereocenters. The summed E-state index contributed by atoms with van der Waals surface area (Å²) in [4.78, 5) is 0. The number of aromatic nitrogens is 3. The molecule has 0 amide bonds. The number of hydrogen-bond acceptors (Lipinski definition) is 4. The molecule has 2 aliphatic heterocycles. The quantitative estimate of drug-likeness (QED) is 0.832. The van der Waals surface area contributed by atoms with Crippen molar-refractivity contribution in [3.8, 4) is 0 Å². The van der Waals surface area contributed by atoms with Gasteiger partial charge in [-0.15, -0.1) is 10.2 Å². The van der Waals surface area contributed by atoms with Gasteiger partial charge in [-0.05, 0) is 38.3 Å². The minimum atomic E-state index is 0.367. The lowest BCUT2D eigenvalue weighted by molar-refractivity contribution is 0.0960. The average Bonchev–Trinajstić information content (AvgIpc) is 3.04. The molecule has 1 N–H and O–H groups in total. The summed E-state index contributed by atoms with van der Waals surface area (Å²) in [6, 6.07) is 0. The van der Waals surface area contributed by atoms with Gasteiger partial charge >= 0.3 is 0 Å². The molecule has 0 spiro atoms. The first-order valence-electron chi connectivity index (χ1n) is 6.61. The van der Waals surface area contributed by atoms with Gasteiger partial charge in [0.05, 0.1) is 12.6 Å². The molecule has 2 fully saturated rings. The third kappa shape index (κ3) is 2.66. The molecule has 0 saturated carbocycles. The van der Waals surface area contributed by atoms with Crippen LogP contribution in [0.3, 0.4) is 0 Å². The van der Waals surface area contributed by atoms with Crippen LogP contribution in [0.1, 0.15) is 25.1 Å². The van der Waals surface area contributed by atoms with Crippen molar-refractivity contribution in [2.75, 3.05) is 19.7 Å². The lowest BCUT2D eigenvalue weighted by atomic mass is 10.0. The first kappa shape index (κ1) is 11.2. The Morgan fingerprint density at radius 1 is 1.47 bits per heavy atom. The van der Waals surface area contributed by atoms with Crippen LogP contribution < -0.4 is 5.32 Å². The summed E-state index contributed by atoms with van der Waals surface area (Å²) in [6.07, 6.45) is 6.87. The van der Waals surface area contributed by atoms with E-state index in [0.717, 1.165) is 44.4 Å². The van der Waals surface area contributed by atoms with Crippen molar-refractivity contribution in [1.29, 1.82) is 0 Å². The first-order valence-corrected chi connectivity index (χ1v) is 6.61. The van der Waals surface area contributed by atoms with E-state index < -0.39 is 0 Å². The fourth-order valence-electron chi connectivity index (χ4n) is 2.74. The van der Waals surface area contributed by atoms with E-state index in [1.165, 1.54) is 19.3 Å². The van der Waals surface area contributed by atoms with Crippen LogP contribution in [-0.2, 0) is 17.7 Å². The molecule has 3 rings (SSSR count). The summed E-state index contributed by atoms with van der Waals surface area (Å²) in [5.41, 5.74) is 0. The summed E-state index contributed by atoms with van der Waals surface area (Å²) in [6.45, 7) is 4.09. The number of rotatable bonds is 4. The minimum Gasteiger partial charge on any atom is -0.376 e. The fourth-order valence-corrected chi connectivity index (χ4v) is 2.74. The van der Waals surface area contributed by atoms with Gasteiger partial charge in [0.25, 0.3) is 0 Å². The molecule has 0 bridgehead atoms. The normalized spacial score (nSPS) is 28.9. The van der Waals surface area contributed by atoms with Crippen LogP contribution in [-0.4, -0.2) is 40.6 Å². The molecule has 0 aliphatic carbocycles. The largest absolute Gasteiger partial charge is 0.376 e. The zero-order valence-corrected chi connectivity index (χ0v) is 10.1. The molecule has 0 aromatic carbocycles. The molecule has 5 heteroatoms. The van der Waals surface area contributed by atoms with Gasteiger partial charge in [0.15, 0.2) is 0 Å². The number of ether oxygens (including phenoxy) is 1. The third-order valence-electron chi connectivity index (χ3n) is 3.75. The highest BCUT2D eigenvalue weighted by Crippen LogP contribution is 2.17. The van der Waals surface area contributed by atoms with Crippen LogP contribution in [0.2, 0.25) is 0 Å². The molecular formula is C12H20N4O. The minimum absolute atomic E-state index is 0.367. The Hall–Kier alpha value is -0.940. The van der Waals surface area contributed by atoms with Crippen molar-refractivity contribution >= 4 is 0 Å². The van der Waals surface area contributed by atoms with Crippen LogP contribution in [0.25, 0.3) is 0 Å². The van der Waals surface area contributed by atoms with E-state index in [-0.39, 0.29) is 0 Å². The fraction of sp³-hybridized carbons (Fsp3) is 0.833. The van der Waals surface area contributed by atoms with E-state index in [4.69, 9.17) is 4.74 Å². The van der Waals surface area contributed by atoms with Crippen LogP contribution >= 0.6 is 0 Å². The van der Waals surface area contributed by atoms with Crippen molar-refractivity contribution in [3.63, 3.8) is 0 Å². The lowest BCUT2D eigenvalue weighted by Crippen LogP contribution is -2.19. The van der Waals surface area contributed by atoms with E-state index in [1.807, 2.05) is 6.33 Å². The molecule has 2 aliphatic rings. The van der Waals surface area contributed by atoms with Crippen LogP contribution in [0.5, 0.6) is 0 Å². The molecule has 1 aromatic rings. The maximum atomic E-state index is 5.66. The van der Waals surface area contributed by atoms with Gasteiger partial charge in [0.2, 0.25) is 0 Å². The second kappa shape index (κ2) is 5.14. The van der Waals surface area contributed by atoms with Gasteiger partial charge in [-0.25, -0.2) is 0 Å². The second-order valence-electron chi connectivity index (χ2n) is 5.10. The van der Waals surface area contributed by atoms with Crippen molar-refractivity contribution in [1.82, 2.24) is 20.1 Å². The van der Waals surface area contributed by atoms with Crippen molar-refractivity contribution < 1.29 is 4.74 Å². The van der Waals surface area contributed by atoms with Gasteiger partial charge in [-0.2, -0.15) is 0 Å². The molecule has 5 nitrogen and oxygen atoms in total. The molecular weight excluding hydrogens is 216 g/mol. The smallest absolute Gasteiger partial charge is 0.133 e. The van der Waals surface area contributed by atoms with E-state index in [9.17, 15) is 0 Å². The molecule has 0 radical (unpaired) electrons. The van der Waals surface area contributed by atoms with Crippen molar-refractivity contribution in [2.24, 2.45) is 5.92 Å². The van der Waals surface area contributed by atoms with Gasteiger partial charge in [-0.3, -0.25) is 0 Å². The maximum Gasteiger partial charge on any atom is 0.133 e. The second-order valence-corrected chi connectivity index (χ2v) is 5.10. The number of nitrogens with zero attached hydrogens (tertiary/aromatic N) is 3. The Labute approximate surface area is 102 Å². The maximum absolute atomic E-state index is 5.66. The Morgan fingerprint density at radius 2 is 2.47 bits per heavy atom. The number of nitrogens with one attached hydrogen (secondary N) is 1. The predicted molar refractivity (Wildman–Crippen MR) is 63.7 cm³/mol. The Kier molecular flexibility index (Phi) is 3.38. The van der Waals surface area contributed by atoms with Crippen LogP contribution in [0.4, 0.5) is 0 Å². The Balaban J connectivity index is 1.61. The van der Waals surface area contributed by atoms with Crippen LogP contribution in [0, 0.1) is 5.92 Å². The Morgan fingerprint density at radius 3 is 3.24 bits per heavy atom. The van der Waals surface area contributed by atoms with Gasteiger partial charge in [0.1, 0.15) is 12.2 Å². The van der Waals surface area contributed by atoms with E-state index in [2.05, 4.69) is 20.1 Å². The van der Waals surface area contributed by atoms with E-state index in [1.54, 1.807) is 0 Å². The predicted octanol–water partition coefficient (Wildman–Crippen LogP) is 0.609. The molecule has 1 aromatic heterocycles. The highest BCUT2D eigenvalue weighted by molar-refractivity contribution is 4.91. The molecule has 2 saturated heterocycles. The zero-order valence-electron chi connectivity index (χ0n) is 10.1. The monoisotopic (exact) mass is 236 g/mol. The highest BCUT2D eigenvalue weighted by atomic mass is 16.5. The summed E-state index contributed by atoms with van der Waals surface area (Å²) < 4.78 is 7.84. The van der Waals surface area contributed by atoms with Gasteiger partial charge < -0.3 is 14.6 Å². The summed E-state index contributed by atoms with van der Waals surface area (Å²) in [5.74, 6) is 1.84. The highest BCUT2D eigenvalue weighted by Gasteiger charge is 2.21. The first-order chi connectivity index (χ1) is 8.42. The number of hydrogen-bond donors (Lipinski definition) is 1. The zero-order chi connectivity index (χ0) is 11.5. The SMILES string of the molecule is c1nnc(CC2CCNC2)n1CC1CCCO1.